The van der Waals surface area contributed by atoms with Crippen molar-refractivity contribution in [1.29, 1.82) is 0 Å². The normalized spacial score (nSPS) is 11.6. The number of ether oxygens (including phenoxy) is 1. The minimum Gasteiger partial charge on any atom is -0.494 e. The van der Waals surface area contributed by atoms with Crippen LogP contribution in [-0.2, 0) is 0 Å². The molecule has 0 fully saturated rings. The Labute approximate surface area is 103 Å². The lowest BCUT2D eigenvalue weighted by molar-refractivity contribution is 0.233. The zero-order chi connectivity index (χ0) is 12.2. The largest absolute Gasteiger partial charge is 0.494 e. The summed E-state index contributed by atoms with van der Waals surface area (Å²) >= 11 is 5.94. The molecule has 0 unspecified atom stereocenters. The molecule has 0 amide bonds. The van der Waals surface area contributed by atoms with Crippen molar-refractivity contribution in [2.24, 2.45) is 11.1 Å². The molecule has 2 nitrogen and oxygen atoms in total. The van der Waals surface area contributed by atoms with Crippen LogP contribution in [0.1, 0.15) is 25.8 Å². The van der Waals surface area contributed by atoms with Gasteiger partial charge in [0.15, 0.2) is 0 Å². The van der Waals surface area contributed by atoms with Gasteiger partial charge in [-0.05, 0) is 49.1 Å². The van der Waals surface area contributed by atoms with Crippen LogP contribution < -0.4 is 10.5 Å². The predicted octanol–water partition coefficient (Wildman–Crippen LogP) is 3.40. The number of rotatable bonds is 5. The van der Waals surface area contributed by atoms with Gasteiger partial charge in [-0.3, -0.25) is 0 Å². The Morgan fingerprint density at radius 3 is 2.62 bits per heavy atom. The molecule has 1 aromatic rings. The van der Waals surface area contributed by atoms with Crippen LogP contribution in [0.15, 0.2) is 18.2 Å². The van der Waals surface area contributed by atoms with Crippen molar-refractivity contribution in [2.45, 2.75) is 27.2 Å². The van der Waals surface area contributed by atoms with E-state index in [1.165, 1.54) is 0 Å². The molecule has 16 heavy (non-hydrogen) atoms. The second-order valence-corrected chi connectivity index (χ2v) is 5.28. The zero-order valence-electron chi connectivity index (χ0n) is 10.2. The first-order valence-corrected chi connectivity index (χ1v) is 5.91. The van der Waals surface area contributed by atoms with Gasteiger partial charge in [0.2, 0.25) is 0 Å². The van der Waals surface area contributed by atoms with Gasteiger partial charge in [0.1, 0.15) is 5.75 Å². The van der Waals surface area contributed by atoms with Gasteiger partial charge in [-0.2, -0.15) is 0 Å². The molecule has 0 aliphatic rings. The highest BCUT2D eigenvalue weighted by atomic mass is 35.5. The van der Waals surface area contributed by atoms with Crippen LogP contribution in [0.3, 0.4) is 0 Å². The molecule has 2 N–H and O–H groups in total. The van der Waals surface area contributed by atoms with Gasteiger partial charge in [0.25, 0.3) is 0 Å². The standard InChI is InChI=1S/C13H20ClNO/c1-10-8-11(4-5-12(10)14)16-7-6-13(2,3)9-15/h4-5,8H,6-7,9,15H2,1-3H3. The van der Waals surface area contributed by atoms with Gasteiger partial charge >= 0.3 is 0 Å². The second kappa shape index (κ2) is 5.55. The Kier molecular flexibility index (Phi) is 4.63. The molecule has 3 heteroatoms. The Bertz CT molecular complexity index is 350. The predicted molar refractivity (Wildman–Crippen MR) is 69.1 cm³/mol. The van der Waals surface area contributed by atoms with E-state index in [1.807, 2.05) is 25.1 Å². The first-order valence-electron chi connectivity index (χ1n) is 5.54. The average Bonchev–Trinajstić information content (AvgIpc) is 2.23. The molecule has 0 spiro atoms. The molecule has 1 aromatic carbocycles. The van der Waals surface area contributed by atoms with E-state index in [0.29, 0.717) is 13.2 Å². The van der Waals surface area contributed by atoms with Crippen molar-refractivity contribution in [3.8, 4) is 5.75 Å². The van der Waals surface area contributed by atoms with E-state index in [1.54, 1.807) is 0 Å². The lowest BCUT2D eigenvalue weighted by Gasteiger charge is -2.22. The molecule has 0 radical (unpaired) electrons. The molecule has 0 aliphatic heterocycles. The highest BCUT2D eigenvalue weighted by Crippen LogP contribution is 2.23. The molecule has 0 saturated carbocycles. The number of hydrogen-bond donors (Lipinski definition) is 1. The Hall–Kier alpha value is -0.730. The third kappa shape index (κ3) is 4.03. The topological polar surface area (TPSA) is 35.2 Å². The van der Waals surface area contributed by atoms with Gasteiger partial charge in [0.05, 0.1) is 6.61 Å². The van der Waals surface area contributed by atoms with E-state index < -0.39 is 0 Å². The second-order valence-electron chi connectivity index (χ2n) is 4.88. The maximum atomic E-state index is 5.94. The van der Waals surface area contributed by atoms with Crippen molar-refractivity contribution in [2.75, 3.05) is 13.2 Å². The average molecular weight is 242 g/mol. The summed E-state index contributed by atoms with van der Waals surface area (Å²) in [6.45, 7) is 7.62. The van der Waals surface area contributed by atoms with Crippen molar-refractivity contribution in [1.82, 2.24) is 0 Å². The fraction of sp³-hybridized carbons (Fsp3) is 0.538. The Morgan fingerprint density at radius 1 is 1.38 bits per heavy atom. The van der Waals surface area contributed by atoms with Gasteiger partial charge in [-0.25, -0.2) is 0 Å². The summed E-state index contributed by atoms with van der Waals surface area (Å²) < 4.78 is 5.67. The van der Waals surface area contributed by atoms with Crippen molar-refractivity contribution in [3.63, 3.8) is 0 Å². The van der Waals surface area contributed by atoms with Crippen molar-refractivity contribution in [3.05, 3.63) is 28.8 Å². The highest BCUT2D eigenvalue weighted by Gasteiger charge is 2.15. The summed E-state index contributed by atoms with van der Waals surface area (Å²) in [6.07, 6.45) is 0.950. The van der Waals surface area contributed by atoms with Crippen LogP contribution in [0.25, 0.3) is 0 Å². The van der Waals surface area contributed by atoms with E-state index in [0.717, 1.165) is 22.8 Å². The Morgan fingerprint density at radius 2 is 2.06 bits per heavy atom. The van der Waals surface area contributed by atoms with E-state index >= 15 is 0 Å². The summed E-state index contributed by atoms with van der Waals surface area (Å²) in [4.78, 5) is 0. The number of aryl methyl sites for hydroxylation is 1. The minimum absolute atomic E-state index is 0.140. The summed E-state index contributed by atoms with van der Waals surface area (Å²) in [5.41, 5.74) is 6.84. The zero-order valence-corrected chi connectivity index (χ0v) is 11.0. The summed E-state index contributed by atoms with van der Waals surface area (Å²) in [7, 11) is 0. The summed E-state index contributed by atoms with van der Waals surface area (Å²) in [6, 6.07) is 5.71. The number of hydrogen-bond acceptors (Lipinski definition) is 2. The van der Waals surface area contributed by atoms with Gasteiger partial charge in [0, 0.05) is 5.02 Å². The maximum absolute atomic E-state index is 5.94. The minimum atomic E-state index is 0.140. The lowest BCUT2D eigenvalue weighted by Crippen LogP contribution is -2.25. The summed E-state index contributed by atoms with van der Waals surface area (Å²) in [5, 5.41) is 0.773. The molecule has 0 atom stereocenters. The monoisotopic (exact) mass is 241 g/mol. The maximum Gasteiger partial charge on any atom is 0.119 e. The van der Waals surface area contributed by atoms with Gasteiger partial charge < -0.3 is 10.5 Å². The van der Waals surface area contributed by atoms with Crippen LogP contribution in [-0.4, -0.2) is 13.2 Å². The van der Waals surface area contributed by atoms with Crippen LogP contribution in [0.2, 0.25) is 5.02 Å². The van der Waals surface area contributed by atoms with Crippen molar-refractivity contribution >= 4 is 11.6 Å². The first-order chi connectivity index (χ1) is 7.44. The Balaban J connectivity index is 2.46. The number of nitrogens with two attached hydrogens (primary N) is 1. The van der Waals surface area contributed by atoms with Crippen molar-refractivity contribution < 1.29 is 4.74 Å². The molecule has 0 heterocycles. The molecule has 0 aromatic heterocycles. The lowest BCUT2D eigenvalue weighted by atomic mass is 9.90. The molecule has 0 saturated heterocycles. The third-order valence-corrected chi connectivity index (χ3v) is 3.15. The quantitative estimate of drug-likeness (QED) is 0.858. The fourth-order valence-electron chi connectivity index (χ4n) is 1.25. The smallest absolute Gasteiger partial charge is 0.119 e. The van der Waals surface area contributed by atoms with E-state index in [2.05, 4.69) is 13.8 Å². The van der Waals surface area contributed by atoms with Crippen LogP contribution in [0, 0.1) is 12.3 Å². The van der Waals surface area contributed by atoms with Crippen LogP contribution in [0.4, 0.5) is 0 Å². The fourth-order valence-corrected chi connectivity index (χ4v) is 1.37. The third-order valence-electron chi connectivity index (χ3n) is 2.73. The molecular weight excluding hydrogens is 222 g/mol. The van der Waals surface area contributed by atoms with E-state index in [9.17, 15) is 0 Å². The molecule has 0 bridgehead atoms. The van der Waals surface area contributed by atoms with Crippen LogP contribution >= 0.6 is 11.6 Å². The summed E-state index contributed by atoms with van der Waals surface area (Å²) in [5.74, 6) is 0.870. The molecule has 1 rings (SSSR count). The molecule has 0 aliphatic carbocycles. The van der Waals surface area contributed by atoms with Gasteiger partial charge in [-0.1, -0.05) is 25.4 Å². The van der Waals surface area contributed by atoms with Gasteiger partial charge in [-0.15, -0.1) is 0 Å². The molecular formula is C13H20ClNO. The van der Waals surface area contributed by atoms with E-state index in [4.69, 9.17) is 22.1 Å². The van der Waals surface area contributed by atoms with E-state index in [-0.39, 0.29) is 5.41 Å². The van der Waals surface area contributed by atoms with Crippen LogP contribution in [0.5, 0.6) is 5.75 Å². The molecule has 90 valence electrons. The highest BCUT2D eigenvalue weighted by molar-refractivity contribution is 6.31. The number of benzene rings is 1. The number of halogens is 1. The SMILES string of the molecule is Cc1cc(OCCC(C)(C)CN)ccc1Cl. The first kappa shape index (κ1) is 13.3.